The number of aromatic nitrogens is 1. The Bertz CT molecular complexity index is 1390. The van der Waals surface area contributed by atoms with Gasteiger partial charge in [0, 0.05) is 28.2 Å². The largest absolute Gasteiger partial charge is 0.334 e. The molecular weight excluding hydrogens is 481 g/mol. The van der Waals surface area contributed by atoms with Gasteiger partial charge in [-0.05, 0) is 78.8 Å². The number of benzene rings is 2. The van der Waals surface area contributed by atoms with Crippen LogP contribution < -0.4 is 5.32 Å². The minimum absolute atomic E-state index is 0.157. The molecule has 0 radical (unpaired) electrons. The molecule has 0 bridgehead atoms. The van der Waals surface area contributed by atoms with Crippen LogP contribution in [0.2, 0.25) is 5.02 Å². The van der Waals surface area contributed by atoms with Crippen LogP contribution >= 0.6 is 22.9 Å². The molecule has 3 heterocycles. The van der Waals surface area contributed by atoms with Crippen molar-refractivity contribution in [1.82, 2.24) is 14.8 Å². The van der Waals surface area contributed by atoms with Crippen LogP contribution in [0.5, 0.6) is 0 Å². The van der Waals surface area contributed by atoms with E-state index in [0.29, 0.717) is 18.1 Å². The number of carbonyl (C=O) groups is 1. The molecule has 6 rings (SSSR count). The summed E-state index contributed by atoms with van der Waals surface area (Å²) in [7, 11) is 0. The smallest absolute Gasteiger partial charge is 0.318 e. The number of carbonyl (C=O) groups excluding carboxylic acids is 1. The lowest BCUT2D eigenvalue weighted by Gasteiger charge is -2.31. The monoisotopic (exact) mass is 505 g/mol. The van der Waals surface area contributed by atoms with E-state index in [9.17, 15) is 9.18 Å². The third-order valence-electron chi connectivity index (χ3n) is 6.96. The number of fused-ring (bicyclic) bond motifs is 5. The predicted octanol–water partition coefficient (Wildman–Crippen LogP) is 7.02. The molecule has 1 N–H and O–H groups in total. The van der Waals surface area contributed by atoms with Crippen LogP contribution in [0.25, 0.3) is 5.00 Å². The molecule has 2 aliphatic rings. The lowest BCUT2D eigenvalue weighted by atomic mass is 9.95. The van der Waals surface area contributed by atoms with E-state index in [1.807, 2.05) is 40.5 Å². The standard InChI is InChI=1S/C28H25ClFN3OS/c29-20-6-3-5-19(15-20)26-24-8-4-14-32(24)27-23(22-7-1-2-9-25(22)35-27)17-33(26)28(34)31-16-18-10-12-21(30)13-11-18/h3-6,8,10-15,26H,1-2,7,9,16-17H2,(H,31,34)/t26-/m1/s1. The van der Waals surface area contributed by atoms with Gasteiger partial charge in [-0.1, -0.05) is 35.9 Å². The molecule has 35 heavy (non-hydrogen) atoms. The maximum Gasteiger partial charge on any atom is 0.318 e. The first-order valence-electron chi connectivity index (χ1n) is 11.9. The van der Waals surface area contributed by atoms with Gasteiger partial charge in [-0.15, -0.1) is 11.3 Å². The molecule has 0 spiro atoms. The summed E-state index contributed by atoms with van der Waals surface area (Å²) in [4.78, 5) is 17.2. The van der Waals surface area contributed by atoms with E-state index >= 15 is 0 Å². The summed E-state index contributed by atoms with van der Waals surface area (Å²) in [5.74, 6) is -0.288. The van der Waals surface area contributed by atoms with E-state index in [2.05, 4.69) is 28.2 Å². The quantitative estimate of drug-likeness (QED) is 0.319. The fraction of sp³-hybridized carbons (Fsp3) is 0.250. The lowest BCUT2D eigenvalue weighted by molar-refractivity contribution is 0.180. The topological polar surface area (TPSA) is 37.3 Å². The number of hydrogen-bond donors (Lipinski definition) is 1. The Morgan fingerprint density at radius 1 is 1.06 bits per heavy atom. The molecule has 0 unspecified atom stereocenters. The van der Waals surface area contributed by atoms with Crippen LogP contribution in [-0.4, -0.2) is 15.5 Å². The molecule has 2 amide bonds. The van der Waals surface area contributed by atoms with Crippen molar-refractivity contribution in [2.75, 3.05) is 0 Å². The van der Waals surface area contributed by atoms with Crippen LogP contribution in [0.4, 0.5) is 9.18 Å². The highest BCUT2D eigenvalue weighted by atomic mass is 35.5. The van der Waals surface area contributed by atoms with E-state index in [1.165, 1.54) is 46.0 Å². The summed E-state index contributed by atoms with van der Waals surface area (Å²) < 4.78 is 15.6. The second kappa shape index (κ2) is 9.17. The van der Waals surface area contributed by atoms with Crippen molar-refractivity contribution in [1.29, 1.82) is 0 Å². The molecule has 1 aliphatic heterocycles. The Morgan fingerprint density at radius 2 is 1.89 bits per heavy atom. The number of rotatable bonds is 3. The van der Waals surface area contributed by atoms with E-state index in [-0.39, 0.29) is 17.9 Å². The van der Waals surface area contributed by atoms with Crippen molar-refractivity contribution in [2.45, 2.75) is 44.8 Å². The molecule has 2 aromatic heterocycles. The van der Waals surface area contributed by atoms with Gasteiger partial charge < -0.3 is 14.8 Å². The maximum atomic E-state index is 13.8. The zero-order valence-corrected chi connectivity index (χ0v) is 20.7. The number of nitrogens with zero attached hydrogens (tertiary/aromatic N) is 2. The van der Waals surface area contributed by atoms with E-state index < -0.39 is 0 Å². The third kappa shape index (κ3) is 4.15. The molecule has 0 fully saturated rings. The SMILES string of the molecule is O=C(NCc1ccc(F)cc1)N1Cc2c(sc3c2CCCC3)-n2cccc2[C@H]1c1cccc(Cl)c1. The Balaban J connectivity index is 1.43. The second-order valence-corrected chi connectivity index (χ2v) is 10.7. The molecule has 2 aromatic carbocycles. The molecule has 178 valence electrons. The van der Waals surface area contributed by atoms with Crippen LogP contribution in [0.15, 0.2) is 66.9 Å². The number of hydrogen-bond acceptors (Lipinski definition) is 2. The van der Waals surface area contributed by atoms with Crippen molar-refractivity contribution < 1.29 is 9.18 Å². The first kappa shape index (κ1) is 22.4. The maximum absolute atomic E-state index is 13.8. The van der Waals surface area contributed by atoms with Gasteiger partial charge >= 0.3 is 6.03 Å². The number of amides is 2. The van der Waals surface area contributed by atoms with Gasteiger partial charge in [0.05, 0.1) is 18.3 Å². The van der Waals surface area contributed by atoms with Crippen LogP contribution in [0.3, 0.4) is 0 Å². The van der Waals surface area contributed by atoms with Crippen molar-refractivity contribution in [2.24, 2.45) is 0 Å². The highest BCUT2D eigenvalue weighted by molar-refractivity contribution is 7.15. The summed E-state index contributed by atoms with van der Waals surface area (Å²) in [5.41, 5.74) is 5.54. The molecule has 4 nitrogen and oxygen atoms in total. The number of urea groups is 1. The Kier molecular flexibility index (Phi) is 5.86. The normalized spacial score (nSPS) is 16.7. The molecule has 1 atom stereocenters. The van der Waals surface area contributed by atoms with Gasteiger partial charge in [0.1, 0.15) is 10.8 Å². The average Bonchev–Trinajstić information content (AvgIpc) is 3.45. The first-order chi connectivity index (χ1) is 17.1. The zero-order valence-electron chi connectivity index (χ0n) is 19.1. The molecule has 0 saturated heterocycles. The summed E-state index contributed by atoms with van der Waals surface area (Å²) in [5, 5.41) is 4.94. The number of halogens is 2. The van der Waals surface area contributed by atoms with Gasteiger partial charge in [-0.2, -0.15) is 0 Å². The van der Waals surface area contributed by atoms with Crippen molar-refractivity contribution in [3.63, 3.8) is 0 Å². The van der Waals surface area contributed by atoms with Crippen LogP contribution in [-0.2, 0) is 25.9 Å². The molecule has 4 aromatic rings. The average molecular weight is 506 g/mol. The number of thiophene rings is 1. The first-order valence-corrected chi connectivity index (χ1v) is 13.1. The fourth-order valence-corrected chi connectivity index (χ4v) is 6.90. The van der Waals surface area contributed by atoms with Gasteiger partial charge in [0.25, 0.3) is 0 Å². The minimum atomic E-state index is -0.296. The Labute approximate surface area is 213 Å². The highest BCUT2D eigenvalue weighted by Crippen LogP contribution is 2.44. The van der Waals surface area contributed by atoms with Gasteiger partial charge in [0.2, 0.25) is 0 Å². The van der Waals surface area contributed by atoms with Crippen LogP contribution in [0.1, 0.15) is 51.7 Å². The third-order valence-corrected chi connectivity index (χ3v) is 8.53. The summed E-state index contributed by atoms with van der Waals surface area (Å²) in [6.07, 6.45) is 6.68. The number of aryl methyl sites for hydroxylation is 1. The number of nitrogens with one attached hydrogen (secondary N) is 1. The second-order valence-electron chi connectivity index (χ2n) is 9.17. The minimum Gasteiger partial charge on any atom is -0.334 e. The molecule has 0 saturated carbocycles. The Morgan fingerprint density at radius 3 is 2.71 bits per heavy atom. The van der Waals surface area contributed by atoms with E-state index in [0.717, 1.165) is 29.7 Å². The van der Waals surface area contributed by atoms with Crippen LogP contribution in [0, 0.1) is 5.82 Å². The highest BCUT2D eigenvalue weighted by Gasteiger charge is 2.36. The summed E-state index contributed by atoms with van der Waals surface area (Å²) in [6, 6.07) is 17.7. The van der Waals surface area contributed by atoms with E-state index in [4.69, 9.17) is 11.6 Å². The fourth-order valence-electron chi connectivity index (χ4n) is 5.30. The zero-order chi connectivity index (χ0) is 23.9. The summed E-state index contributed by atoms with van der Waals surface area (Å²) >= 11 is 8.26. The predicted molar refractivity (Wildman–Crippen MR) is 138 cm³/mol. The molecular formula is C28H25ClFN3OS. The van der Waals surface area contributed by atoms with Gasteiger partial charge in [0.15, 0.2) is 0 Å². The molecule has 1 aliphatic carbocycles. The van der Waals surface area contributed by atoms with Crippen molar-refractivity contribution >= 4 is 29.0 Å². The molecule has 7 heteroatoms. The van der Waals surface area contributed by atoms with Gasteiger partial charge in [-0.3, -0.25) is 0 Å². The summed E-state index contributed by atoms with van der Waals surface area (Å²) in [6.45, 7) is 0.850. The van der Waals surface area contributed by atoms with Gasteiger partial charge in [-0.25, -0.2) is 9.18 Å². The Hall–Kier alpha value is -3.09. The van der Waals surface area contributed by atoms with E-state index in [1.54, 1.807) is 12.1 Å². The lowest BCUT2D eigenvalue weighted by Crippen LogP contribution is -2.41. The van der Waals surface area contributed by atoms with Crippen molar-refractivity contribution in [3.05, 3.63) is 111 Å². The van der Waals surface area contributed by atoms with Crippen molar-refractivity contribution in [3.8, 4) is 5.00 Å².